The van der Waals surface area contributed by atoms with E-state index in [2.05, 4.69) is 39.4 Å². The van der Waals surface area contributed by atoms with Crippen LogP contribution in [0.1, 0.15) is 25.7 Å². The lowest BCUT2D eigenvalue weighted by Gasteiger charge is -2.11. The van der Waals surface area contributed by atoms with Gasteiger partial charge in [0.2, 0.25) is 11.7 Å². The van der Waals surface area contributed by atoms with Crippen LogP contribution in [-0.2, 0) is 6.42 Å². The molecule has 1 aromatic carbocycles. The van der Waals surface area contributed by atoms with Gasteiger partial charge in [0, 0.05) is 31.8 Å². The van der Waals surface area contributed by atoms with Gasteiger partial charge < -0.3 is 14.7 Å². The first kappa shape index (κ1) is 15.5. The van der Waals surface area contributed by atoms with Crippen LogP contribution in [0.4, 0.5) is 5.69 Å². The molecule has 0 unspecified atom stereocenters. The van der Waals surface area contributed by atoms with E-state index in [0.29, 0.717) is 5.82 Å². The highest BCUT2D eigenvalue weighted by Crippen LogP contribution is 2.20. The third kappa shape index (κ3) is 4.56. The molecule has 0 saturated carbocycles. The molecule has 114 valence electrons. The van der Waals surface area contributed by atoms with Gasteiger partial charge in [-0.25, -0.2) is 0 Å². The van der Waals surface area contributed by atoms with Crippen LogP contribution >= 0.6 is 0 Å². The number of rotatable bonds is 8. The number of anilines is 1. The molecule has 0 radical (unpaired) electrons. The van der Waals surface area contributed by atoms with Crippen molar-refractivity contribution in [1.82, 2.24) is 15.5 Å². The zero-order valence-corrected chi connectivity index (χ0v) is 13.1. The summed E-state index contributed by atoms with van der Waals surface area (Å²) >= 11 is 0. The summed E-state index contributed by atoms with van der Waals surface area (Å²) in [6, 6.07) is 8.16. The number of benzene rings is 1. The van der Waals surface area contributed by atoms with Crippen LogP contribution in [0.15, 0.2) is 28.8 Å². The molecule has 0 fully saturated rings. The largest absolute Gasteiger partial charge is 0.378 e. The third-order valence-electron chi connectivity index (χ3n) is 3.35. The lowest BCUT2D eigenvalue weighted by molar-refractivity contribution is 0.374. The average Bonchev–Trinajstić information content (AvgIpc) is 2.96. The Kier molecular flexibility index (Phi) is 5.75. The molecule has 5 heteroatoms. The molecule has 0 spiro atoms. The lowest BCUT2D eigenvalue weighted by Crippen LogP contribution is -2.13. The zero-order valence-electron chi connectivity index (χ0n) is 13.1. The van der Waals surface area contributed by atoms with Gasteiger partial charge >= 0.3 is 0 Å². The molecule has 0 saturated heterocycles. The molecule has 0 aliphatic carbocycles. The Hall–Kier alpha value is -1.88. The van der Waals surface area contributed by atoms with E-state index in [9.17, 15) is 0 Å². The molecular weight excluding hydrogens is 264 g/mol. The van der Waals surface area contributed by atoms with Gasteiger partial charge in [-0.3, -0.25) is 0 Å². The summed E-state index contributed by atoms with van der Waals surface area (Å²) in [4.78, 5) is 6.53. The second kappa shape index (κ2) is 7.78. The van der Waals surface area contributed by atoms with Crippen LogP contribution in [-0.4, -0.2) is 37.3 Å². The zero-order chi connectivity index (χ0) is 15.1. The molecular formula is C16H24N4O. The maximum atomic E-state index is 5.31. The normalized spacial score (nSPS) is 10.8. The summed E-state index contributed by atoms with van der Waals surface area (Å²) in [7, 11) is 4.05. The SMILES string of the molecule is CCNCCCCc1nc(-c2ccc(N(C)C)cc2)no1. The number of unbranched alkanes of at least 4 members (excludes halogenated alkanes) is 1. The number of aromatic nitrogens is 2. The summed E-state index contributed by atoms with van der Waals surface area (Å²) in [5.74, 6) is 1.39. The number of nitrogens with one attached hydrogen (secondary N) is 1. The summed E-state index contributed by atoms with van der Waals surface area (Å²) in [6.45, 7) is 4.18. The highest BCUT2D eigenvalue weighted by atomic mass is 16.5. The Bertz CT molecular complexity index is 533. The van der Waals surface area contributed by atoms with Crippen LogP contribution in [0.25, 0.3) is 11.4 Å². The molecule has 2 aromatic rings. The Morgan fingerprint density at radius 2 is 1.90 bits per heavy atom. The van der Waals surface area contributed by atoms with Crippen molar-refractivity contribution in [1.29, 1.82) is 0 Å². The summed E-state index contributed by atoms with van der Waals surface area (Å²) in [5, 5.41) is 7.37. The van der Waals surface area contributed by atoms with Crippen molar-refractivity contribution in [2.75, 3.05) is 32.1 Å². The summed E-state index contributed by atoms with van der Waals surface area (Å²) in [6.07, 6.45) is 3.03. The van der Waals surface area contributed by atoms with Crippen molar-refractivity contribution in [3.63, 3.8) is 0 Å². The number of aryl methyl sites for hydroxylation is 1. The fraction of sp³-hybridized carbons (Fsp3) is 0.500. The number of nitrogens with zero attached hydrogens (tertiary/aromatic N) is 3. The molecule has 0 aliphatic rings. The number of hydrogen-bond donors (Lipinski definition) is 1. The quantitative estimate of drug-likeness (QED) is 0.757. The van der Waals surface area contributed by atoms with Crippen molar-refractivity contribution >= 4 is 5.69 Å². The van der Waals surface area contributed by atoms with Gasteiger partial charge in [0.05, 0.1) is 0 Å². The van der Waals surface area contributed by atoms with Crippen molar-refractivity contribution in [3.8, 4) is 11.4 Å². The average molecular weight is 288 g/mol. The van der Waals surface area contributed by atoms with E-state index in [1.165, 1.54) is 0 Å². The van der Waals surface area contributed by atoms with Crippen molar-refractivity contribution in [2.45, 2.75) is 26.2 Å². The summed E-state index contributed by atoms with van der Waals surface area (Å²) < 4.78 is 5.31. The molecule has 1 heterocycles. The van der Waals surface area contributed by atoms with Crippen LogP contribution < -0.4 is 10.2 Å². The van der Waals surface area contributed by atoms with E-state index in [4.69, 9.17) is 4.52 Å². The van der Waals surface area contributed by atoms with Gasteiger partial charge in [-0.1, -0.05) is 12.1 Å². The second-order valence-electron chi connectivity index (χ2n) is 5.26. The van der Waals surface area contributed by atoms with Crippen molar-refractivity contribution in [2.24, 2.45) is 0 Å². The first-order chi connectivity index (χ1) is 10.2. The number of hydrogen-bond acceptors (Lipinski definition) is 5. The van der Waals surface area contributed by atoms with Crippen LogP contribution in [0, 0.1) is 0 Å². The smallest absolute Gasteiger partial charge is 0.226 e. The van der Waals surface area contributed by atoms with Gasteiger partial charge in [-0.2, -0.15) is 4.98 Å². The third-order valence-corrected chi connectivity index (χ3v) is 3.35. The molecule has 2 rings (SSSR count). The molecule has 21 heavy (non-hydrogen) atoms. The van der Waals surface area contributed by atoms with Crippen molar-refractivity contribution in [3.05, 3.63) is 30.2 Å². The fourth-order valence-corrected chi connectivity index (χ4v) is 2.09. The minimum Gasteiger partial charge on any atom is -0.378 e. The first-order valence-electron chi connectivity index (χ1n) is 7.51. The molecule has 0 bridgehead atoms. The lowest BCUT2D eigenvalue weighted by atomic mass is 10.2. The predicted octanol–water partition coefficient (Wildman–Crippen LogP) is 2.73. The van der Waals surface area contributed by atoms with E-state index in [-0.39, 0.29) is 0 Å². The molecule has 0 amide bonds. The first-order valence-corrected chi connectivity index (χ1v) is 7.51. The fourth-order valence-electron chi connectivity index (χ4n) is 2.09. The van der Waals surface area contributed by atoms with Gasteiger partial charge in [0.1, 0.15) is 0 Å². The Balaban J connectivity index is 1.90. The van der Waals surface area contributed by atoms with Crippen molar-refractivity contribution < 1.29 is 4.52 Å². The highest BCUT2D eigenvalue weighted by molar-refractivity contribution is 5.59. The summed E-state index contributed by atoms with van der Waals surface area (Å²) in [5.41, 5.74) is 2.15. The molecule has 1 aromatic heterocycles. The van der Waals surface area contributed by atoms with Crippen LogP contribution in [0.2, 0.25) is 0 Å². The monoisotopic (exact) mass is 288 g/mol. The van der Waals surface area contributed by atoms with E-state index >= 15 is 0 Å². The molecule has 1 N–H and O–H groups in total. The van der Waals surface area contributed by atoms with Gasteiger partial charge in [0.15, 0.2) is 0 Å². The topological polar surface area (TPSA) is 54.2 Å². The Morgan fingerprint density at radius 1 is 1.14 bits per heavy atom. The van der Waals surface area contributed by atoms with E-state index in [1.807, 2.05) is 26.2 Å². The highest BCUT2D eigenvalue weighted by Gasteiger charge is 2.08. The molecule has 5 nitrogen and oxygen atoms in total. The second-order valence-corrected chi connectivity index (χ2v) is 5.26. The van der Waals surface area contributed by atoms with Crippen LogP contribution in [0.3, 0.4) is 0 Å². The Morgan fingerprint density at radius 3 is 2.57 bits per heavy atom. The van der Waals surface area contributed by atoms with Gasteiger partial charge in [-0.15, -0.1) is 0 Å². The van der Waals surface area contributed by atoms with E-state index in [0.717, 1.165) is 49.5 Å². The van der Waals surface area contributed by atoms with E-state index < -0.39 is 0 Å². The Labute approximate surface area is 126 Å². The minimum absolute atomic E-state index is 0.669. The predicted molar refractivity (Wildman–Crippen MR) is 85.5 cm³/mol. The maximum absolute atomic E-state index is 5.31. The standard InChI is InChI=1S/C16H24N4O/c1-4-17-12-6-5-7-15-18-16(19-21-15)13-8-10-14(11-9-13)20(2)3/h8-11,17H,4-7,12H2,1-3H3. The van der Waals surface area contributed by atoms with E-state index in [1.54, 1.807) is 0 Å². The van der Waals surface area contributed by atoms with Gasteiger partial charge in [0.25, 0.3) is 0 Å². The maximum Gasteiger partial charge on any atom is 0.226 e. The minimum atomic E-state index is 0.669. The molecule has 0 atom stereocenters. The van der Waals surface area contributed by atoms with Crippen LogP contribution in [0.5, 0.6) is 0 Å². The van der Waals surface area contributed by atoms with Gasteiger partial charge in [-0.05, 0) is 50.2 Å². The molecule has 0 aliphatic heterocycles.